The fraction of sp³-hybridized carbons (Fsp3) is 0.562. The molecule has 0 radical (unpaired) electrons. The molecule has 3 rings (SSSR count). The molecular weight excluding hydrogens is 258 g/mol. The highest BCUT2D eigenvalue weighted by Crippen LogP contribution is 2.48. The molecule has 1 aliphatic carbocycles. The number of piperidine rings is 1. The third-order valence-electron chi connectivity index (χ3n) is 4.38. The first kappa shape index (κ1) is 13.0. The molecule has 2 fully saturated rings. The summed E-state index contributed by atoms with van der Waals surface area (Å²) >= 11 is 5.93. The van der Waals surface area contributed by atoms with Gasteiger partial charge in [0.2, 0.25) is 5.91 Å². The third kappa shape index (κ3) is 2.79. The van der Waals surface area contributed by atoms with Crippen LogP contribution in [-0.2, 0) is 4.79 Å². The number of nitrogens with zero attached hydrogens (tertiary/aromatic N) is 1. The van der Waals surface area contributed by atoms with Gasteiger partial charge in [-0.3, -0.25) is 4.79 Å². The Morgan fingerprint density at radius 1 is 1.32 bits per heavy atom. The Morgan fingerprint density at radius 2 is 2.11 bits per heavy atom. The van der Waals surface area contributed by atoms with E-state index in [0.717, 1.165) is 25.9 Å². The van der Waals surface area contributed by atoms with Crippen LogP contribution in [0.3, 0.4) is 0 Å². The van der Waals surface area contributed by atoms with Crippen molar-refractivity contribution in [3.05, 3.63) is 35.9 Å². The highest BCUT2D eigenvalue weighted by molar-refractivity contribution is 6.18. The van der Waals surface area contributed by atoms with Crippen LogP contribution in [-0.4, -0.2) is 29.8 Å². The van der Waals surface area contributed by atoms with E-state index in [2.05, 4.69) is 24.3 Å². The number of carbonyl (C=O) groups excluding carboxylic acids is 1. The van der Waals surface area contributed by atoms with Crippen LogP contribution in [0.5, 0.6) is 0 Å². The van der Waals surface area contributed by atoms with Gasteiger partial charge < -0.3 is 4.90 Å². The predicted octanol–water partition coefficient (Wildman–Crippen LogP) is 3.27. The number of hydrogen-bond donors (Lipinski definition) is 0. The zero-order valence-electron chi connectivity index (χ0n) is 11.1. The summed E-state index contributed by atoms with van der Waals surface area (Å²) in [6.07, 6.45) is 3.29. The maximum atomic E-state index is 12.5. The number of likely N-dealkylation sites (tertiary alicyclic amines) is 1. The number of carbonyl (C=O) groups is 1. The summed E-state index contributed by atoms with van der Waals surface area (Å²) < 4.78 is 0. The lowest BCUT2D eigenvalue weighted by Crippen LogP contribution is -2.41. The van der Waals surface area contributed by atoms with Gasteiger partial charge in [0.05, 0.1) is 0 Å². The maximum absolute atomic E-state index is 12.5. The zero-order chi connectivity index (χ0) is 13.2. The van der Waals surface area contributed by atoms with Gasteiger partial charge in [0.25, 0.3) is 0 Å². The van der Waals surface area contributed by atoms with E-state index in [1.165, 1.54) is 12.0 Å². The van der Waals surface area contributed by atoms with Crippen LogP contribution in [0.4, 0.5) is 0 Å². The molecular formula is C16H20ClNO. The van der Waals surface area contributed by atoms with Gasteiger partial charge in [-0.2, -0.15) is 0 Å². The van der Waals surface area contributed by atoms with Crippen LogP contribution in [0.2, 0.25) is 0 Å². The lowest BCUT2D eigenvalue weighted by molar-refractivity contribution is -0.134. The van der Waals surface area contributed by atoms with Crippen LogP contribution in [0.25, 0.3) is 0 Å². The van der Waals surface area contributed by atoms with Gasteiger partial charge in [-0.15, -0.1) is 11.6 Å². The first-order chi connectivity index (χ1) is 9.29. The molecule has 19 heavy (non-hydrogen) atoms. The number of halogens is 1. The molecule has 2 nitrogen and oxygen atoms in total. The molecule has 2 aliphatic rings. The van der Waals surface area contributed by atoms with E-state index in [9.17, 15) is 4.79 Å². The minimum atomic E-state index is 0.219. The van der Waals surface area contributed by atoms with Crippen molar-refractivity contribution >= 4 is 17.5 Å². The highest BCUT2D eigenvalue weighted by atomic mass is 35.5. The van der Waals surface area contributed by atoms with E-state index in [1.54, 1.807) is 0 Å². The second-order valence-corrected chi connectivity index (χ2v) is 6.11. The average molecular weight is 278 g/mol. The molecule has 0 spiro atoms. The minimum absolute atomic E-state index is 0.219. The van der Waals surface area contributed by atoms with E-state index in [0.29, 0.717) is 23.6 Å². The molecule has 0 bridgehead atoms. The second kappa shape index (κ2) is 5.54. The molecule has 3 unspecified atom stereocenters. The fourth-order valence-electron chi connectivity index (χ4n) is 3.16. The van der Waals surface area contributed by atoms with Crippen LogP contribution < -0.4 is 0 Å². The smallest absolute Gasteiger partial charge is 0.226 e. The number of rotatable bonds is 3. The van der Waals surface area contributed by atoms with Crippen LogP contribution >= 0.6 is 11.6 Å². The summed E-state index contributed by atoms with van der Waals surface area (Å²) in [6.45, 7) is 1.78. The summed E-state index contributed by atoms with van der Waals surface area (Å²) in [5.41, 5.74) is 1.31. The molecule has 3 heteroatoms. The number of amides is 1. The largest absolute Gasteiger partial charge is 0.342 e. The van der Waals surface area contributed by atoms with Crippen molar-refractivity contribution in [1.82, 2.24) is 4.90 Å². The van der Waals surface area contributed by atoms with Gasteiger partial charge in [-0.1, -0.05) is 30.3 Å². The zero-order valence-corrected chi connectivity index (χ0v) is 11.9. The maximum Gasteiger partial charge on any atom is 0.226 e. The molecule has 3 atom stereocenters. The Morgan fingerprint density at radius 3 is 2.84 bits per heavy atom. The molecule has 1 aromatic rings. The van der Waals surface area contributed by atoms with E-state index in [-0.39, 0.29) is 5.92 Å². The lowest BCUT2D eigenvalue weighted by Gasteiger charge is -2.32. The van der Waals surface area contributed by atoms with Gasteiger partial charge in [0.1, 0.15) is 0 Å². The van der Waals surface area contributed by atoms with Crippen molar-refractivity contribution in [2.75, 3.05) is 19.0 Å². The van der Waals surface area contributed by atoms with Crippen LogP contribution in [0.15, 0.2) is 30.3 Å². The Labute approximate surface area is 119 Å². The number of benzene rings is 1. The Balaban J connectivity index is 1.60. The van der Waals surface area contributed by atoms with Gasteiger partial charge in [0.15, 0.2) is 0 Å². The molecule has 1 amide bonds. The third-order valence-corrected chi connectivity index (χ3v) is 4.82. The SMILES string of the molecule is O=C(C1CC1c1ccccc1)N1CCCC(CCl)C1. The second-order valence-electron chi connectivity index (χ2n) is 5.81. The van der Waals surface area contributed by atoms with Crippen molar-refractivity contribution in [3.63, 3.8) is 0 Å². The first-order valence-electron chi connectivity index (χ1n) is 7.19. The summed E-state index contributed by atoms with van der Waals surface area (Å²) in [5, 5.41) is 0. The van der Waals surface area contributed by atoms with Crippen molar-refractivity contribution in [2.24, 2.45) is 11.8 Å². The molecule has 1 aliphatic heterocycles. The summed E-state index contributed by atoms with van der Waals surface area (Å²) in [6, 6.07) is 10.4. The summed E-state index contributed by atoms with van der Waals surface area (Å²) in [4.78, 5) is 14.5. The van der Waals surface area contributed by atoms with Crippen molar-refractivity contribution < 1.29 is 4.79 Å². The van der Waals surface area contributed by atoms with E-state index in [4.69, 9.17) is 11.6 Å². The number of hydrogen-bond acceptors (Lipinski definition) is 1. The number of alkyl halides is 1. The average Bonchev–Trinajstić information content (AvgIpc) is 3.28. The predicted molar refractivity (Wildman–Crippen MR) is 77.3 cm³/mol. The molecule has 102 valence electrons. The molecule has 1 saturated heterocycles. The van der Waals surface area contributed by atoms with Crippen molar-refractivity contribution in [2.45, 2.75) is 25.2 Å². The van der Waals surface area contributed by atoms with Gasteiger partial charge in [-0.25, -0.2) is 0 Å². The lowest BCUT2D eigenvalue weighted by atomic mass is 9.99. The topological polar surface area (TPSA) is 20.3 Å². The molecule has 1 aromatic carbocycles. The molecule has 0 N–H and O–H groups in total. The Hall–Kier alpha value is -1.02. The normalized spacial score (nSPS) is 30.2. The van der Waals surface area contributed by atoms with Crippen LogP contribution in [0, 0.1) is 11.8 Å². The van der Waals surface area contributed by atoms with E-state index < -0.39 is 0 Å². The van der Waals surface area contributed by atoms with Crippen molar-refractivity contribution in [3.8, 4) is 0 Å². The standard InChI is InChI=1S/C16H20ClNO/c17-10-12-5-4-8-18(11-12)16(19)15-9-14(15)13-6-2-1-3-7-13/h1-3,6-7,12,14-15H,4-5,8-11H2. The van der Waals surface area contributed by atoms with Gasteiger partial charge in [0, 0.05) is 24.9 Å². The summed E-state index contributed by atoms with van der Waals surface area (Å²) in [5.74, 6) is 2.19. The Kier molecular flexibility index (Phi) is 3.79. The summed E-state index contributed by atoms with van der Waals surface area (Å²) in [7, 11) is 0. The molecule has 1 saturated carbocycles. The Bertz CT molecular complexity index is 447. The van der Waals surface area contributed by atoms with E-state index >= 15 is 0 Å². The van der Waals surface area contributed by atoms with Gasteiger partial charge in [-0.05, 0) is 36.7 Å². The van der Waals surface area contributed by atoms with E-state index in [1.807, 2.05) is 11.0 Å². The highest BCUT2D eigenvalue weighted by Gasteiger charge is 2.46. The molecule has 1 heterocycles. The fourth-order valence-corrected chi connectivity index (χ4v) is 3.41. The first-order valence-corrected chi connectivity index (χ1v) is 7.72. The monoisotopic (exact) mass is 277 g/mol. The van der Waals surface area contributed by atoms with Crippen molar-refractivity contribution in [1.29, 1.82) is 0 Å². The molecule has 0 aromatic heterocycles. The quantitative estimate of drug-likeness (QED) is 0.777. The van der Waals surface area contributed by atoms with Crippen LogP contribution in [0.1, 0.15) is 30.7 Å². The van der Waals surface area contributed by atoms with Gasteiger partial charge >= 0.3 is 0 Å². The minimum Gasteiger partial charge on any atom is -0.342 e.